The molecule has 3 rings (SSSR count). The van der Waals surface area contributed by atoms with E-state index in [-0.39, 0.29) is 12.7 Å². The molecule has 3 N–H and O–H groups in total. The summed E-state index contributed by atoms with van der Waals surface area (Å²) in [5.74, 6) is 0.959. The average molecular weight is 382 g/mol. The van der Waals surface area contributed by atoms with Gasteiger partial charge in [-0.05, 0) is 40.8 Å². The lowest BCUT2D eigenvalue weighted by Gasteiger charge is -2.09. The van der Waals surface area contributed by atoms with Crippen LogP contribution in [0.3, 0.4) is 0 Å². The lowest BCUT2D eigenvalue weighted by Crippen LogP contribution is -2.13. The number of benzene rings is 2. The highest BCUT2D eigenvalue weighted by molar-refractivity contribution is 14.1. The Morgan fingerprint density at radius 3 is 2.70 bits per heavy atom. The number of carbonyl (C=O) groups excluding carboxylic acids is 1. The van der Waals surface area contributed by atoms with E-state index in [1.807, 2.05) is 12.1 Å². The normalized spacial score (nSPS) is 12.2. The highest BCUT2D eigenvalue weighted by Gasteiger charge is 2.17. The Morgan fingerprint density at radius 2 is 1.95 bits per heavy atom. The number of ether oxygens (including phenoxy) is 2. The molecular formula is C14H11IN2O3. The van der Waals surface area contributed by atoms with E-state index in [1.54, 1.807) is 24.3 Å². The van der Waals surface area contributed by atoms with Gasteiger partial charge in [-0.3, -0.25) is 4.79 Å². The van der Waals surface area contributed by atoms with Crippen LogP contribution >= 0.6 is 22.6 Å². The van der Waals surface area contributed by atoms with Crippen LogP contribution in [0.25, 0.3) is 0 Å². The predicted octanol–water partition coefficient (Wildman–Crippen LogP) is 2.85. The van der Waals surface area contributed by atoms with Crippen molar-refractivity contribution in [3.8, 4) is 11.5 Å². The molecule has 0 fully saturated rings. The third kappa shape index (κ3) is 2.51. The molecule has 0 bridgehead atoms. The van der Waals surface area contributed by atoms with Gasteiger partial charge < -0.3 is 20.5 Å². The van der Waals surface area contributed by atoms with Crippen molar-refractivity contribution >= 4 is 39.9 Å². The van der Waals surface area contributed by atoms with Gasteiger partial charge in [-0.25, -0.2) is 0 Å². The highest BCUT2D eigenvalue weighted by atomic mass is 127. The molecule has 1 aliphatic rings. The molecule has 0 saturated carbocycles. The number of halogens is 1. The van der Waals surface area contributed by atoms with Crippen molar-refractivity contribution in [2.45, 2.75) is 0 Å². The predicted molar refractivity (Wildman–Crippen MR) is 84.1 cm³/mol. The Labute approximate surface area is 129 Å². The molecule has 1 heterocycles. The van der Waals surface area contributed by atoms with Gasteiger partial charge in [0, 0.05) is 21.3 Å². The molecule has 0 aromatic heterocycles. The van der Waals surface area contributed by atoms with E-state index in [2.05, 4.69) is 27.9 Å². The number of nitrogen functional groups attached to an aromatic ring is 1. The number of carbonyl (C=O) groups is 1. The van der Waals surface area contributed by atoms with Gasteiger partial charge in [0.05, 0.1) is 11.4 Å². The second-order valence-corrected chi connectivity index (χ2v) is 5.50. The molecular weight excluding hydrogens is 371 g/mol. The van der Waals surface area contributed by atoms with Crippen molar-refractivity contribution in [1.29, 1.82) is 0 Å². The number of nitrogens with two attached hydrogens (primary N) is 1. The Kier molecular flexibility index (Phi) is 3.39. The van der Waals surface area contributed by atoms with Crippen LogP contribution in [-0.4, -0.2) is 12.7 Å². The van der Waals surface area contributed by atoms with E-state index in [4.69, 9.17) is 15.2 Å². The third-order valence-corrected chi connectivity index (χ3v) is 3.55. The van der Waals surface area contributed by atoms with Crippen LogP contribution in [0.1, 0.15) is 10.4 Å². The molecule has 0 spiro atoms. The molecule has 0 radical (unpaired) electrons. The summed E-state index contributed by atoms with van der Waals surface area (Å²) in [7, 11) is 0. The number of rotatable bonds is 2. The molecule has 2 aromatic carbocycles. The van der Waals surface area contributed by atoms with Gasteiger partial charge >= 0.3 is 0 Å². The molecule has 0 unspecified atom stereocenters. The van der Waals surface area contributed by atoms with Gasteiger partial charge in [0.15, 0.2) is 11.5 Å². The first kappa shape index (κ1) is 13.0. The van der Waals surface area contributed by atoms with E-state index in [9.17, 15) is 4.79 Å². The van der Waals surface area contributed by atoms with Crippen LogP contribution in [0.15, 0.2) is 36.4 Å². The molecule has 102 valence electrons. The molecule has 1 amide bonds. The first-order valence-electron chi connectivity index (χ1n) is 5.89. The summed E-state index contributed by atoms with van der Waals surface area (Å²) in [5, 5.41) is 2.78. The van der Waals surface area contributed by atoms with Gasteiger partial charge in [0.25, 0.3) is 5.91 Å². The zero-order valence-corrected chi connectivity index (χ0v) is 12.5. The molecule has 0 aliphatic carbocycles. The minimum Gasteiger partial charge on any atom is -0.454 e. The van der Waals surface area contributed by atoms with Crippen LogP contribution < -0.4 is 20.5 Å². The molecule has 0 saturated heterocycles. The quantitative estimate of drug-likeness (QED) is 0.619. The molecule has 20 heavy (non-hydrogen) atoms. The SMILES string of the molecule is Nc1cc2c(cc1NC(=O)c1cccc(I)c1)OCO2. The van der Waals surface area contributed by atoms with Gasteiger partial charge in [-0.1, -0.05) is 6.07 Å². The van der Waals surface area contributed by atoms with Crippen molar-refractivity contribution in [3.05, 3.63) is 45.5 Å². The fourth-order valence-corrected chi connectivity index (χ4v) is 2.43. The monoisotopic (exact) mass is 382 g/mol. The second kappa shape index (κ2) is 5.20. The lowest BCUT2D eigenvalue weighted by molar-refractivity contribution is 0.102. The molecule has 5 nitrogen and oxygen atoms in total. The summed E-state index contributed by atoms with van der Waals surface area (Å²) in [6, 6.07) is 10.6. The van der Waals surface area contributed by atoms with Crippen molar-refractivity contribution in [2.24, 2.45) is 0 Å². The molecule has 1 aliphatic heterocycles. The average Bonchev–Trinajstić information content (AvgIpc) is 2.86. The van der Waals surface area contributed by atoms with E-state index in [0.717, 1.165) is 3.57 Å². The largest absolute Gasteiger partial charge is 0.454 e. The Morgan fingerprint density at radius 1 is 1.20 bits per heavy atom. The molecule has 0 atom stereocenters. The van der Waals surface area contributed by atoms with E-state index in [1.165, 1.54) is 0 Å². The summed E-state index contributed by atoms with van der Waals surface area (Å²) in [6.45, 7) is 0.170. The van der Waals surface area contributed by atoms with Crippen LogP contribution in [-0.2, 0) is 0 Å². The zero-order valence-electron chi connectivity index (χ0n) is 10.4. The Hall–Kier alpha value is -1.96. The fourth-order valence-electron chi connectivity index (χ4n) is 1.89. The van der Waals surface area contributed by atoms with E-state index >= 15 is 0 Å². The number of fused-ring (bicyclic) bond motifs is 1. The summed E-state index contributed by atoms with van der Waals surface area (Å²) < 4.78 is 11.5. The maximum atomic E-state index is 12.2. The van der Waals surface area contributed by atoms with Gasteiger partial charge in [0.2, 0.25) is 6.79 Å². The minimum atomic E-state index is -0.214. The van der Waals surface area contributed by atoms with Crippen LogP contribution in [0.2, 0.25) is 0 Å². The Balaban J connectivity index is 1.86. The smallest absolute Gasteiger partial charge is 0.255 e. The maximum Gasteiger partial charge on any atom is 0.255 e. The minimum absolute atomic E-state index is 0.170. The fraction of sp³-hybridized carbons (Fsp3) is 0.0714. The summed E-state index contributed by atoms with van der Waals surface area (Å²) in [6.07, 6.45) is 0. The zero-order chi connectivity index (χ0) is 14.1. The van der Waals surface area contributed by atoms with Crippen molar-refractivity contribution in [2.75, 3.05) is 17.8 Å². The van der Waals surface area contributed by atoms with E-state index in [0.29, 0.717) is 28.4 Å². The second-order valence-electron chi connectivity index (χ2n) is 4.26. The standard InChI is InChI=1S/C14H11IN2O3/c15-9-3-1-2-8(4-9)14(18)17-11-6-13-12(5-10(11)16)19-7-20-13/h1-6H,7,16H2,(H,17,18). The number of anilines is 2. The Bertz CT molecular complexity index is 688. The van der Waals surface area contributed by atoms with Crippen molar-refractivity contribution in [1.82, 2.24) is 0 Å². The van der Waals surface area contributed by atoms with Crippen molar-refractivity contribution in [3.63, 3.8) is 0 Å². The lowest BCUT2D eigenvalue weighted by atomic mass is 10.2. The van der Waals surface area contributed by atoms with Gasteiger partial charge in [-0.2, -0.15) is 0 Å². The van der Waals surface area contributed by atoms with Gasteiger partial charge in [0.1, 0.15) is 0 Å². The first-order chi connectivity index (χ1) is 9.63. The third-order valence-electron chi connectivity index (χ3n) is 2.88. The molecule has 2 aromatic rings. The maximum absolute atomic E-state index is 12.2. The summed E-state index contributed by atoms with van der Waals surface area (Å²) in [5.41, 5.74) is 7.43. The number of hydrogen-bond donors (Lipinski definition) is 2. The van der Waals surface area contributed by atoms with Gasteiger partial charge in [-0.15, -0.1) is 0 Å². The van der Waals surface area contributed by atoms with Crippen LogP contribution in [0, 0.1) is 3.57 Å². The summed E-state index contributed by atoms with van der Waals surface area (Å²) in [4.78, 5) is 12.2. The summed E-state index contributed by atoms with van der Waals surface area (Å²) >= 11 is 2.16. The number of nitrogens with one attached hydrogen (secondary N) is 1. The number of amides is 1. The molecule has 6 heteroatoms. The first-order valence-corrected chi connectivity index (χ1v) is 6.97. The van der Waals surface area contributed by atoms with E-state index < -0.39 is 0 Å². The van der Waals surface area contributed by atoms with Crippen LogP contribution in [0.5, 0.6) is 11.5 Å². The highest BCUT2D eigenvalue weighted by Crippen LogP contribution is 2.38. The topological polar surface area (TPSA) is 73.6 Å². The van der Waals surface area contributed by atoms with Crippen molar-refractivity contribution < 1.29 is 14.3 Å². The number of hydrogen-bond acceptors (Lipinski definition) is 4. The van der Waals surface area contributed by atoms with Crippen LogP contribution in [0.4, 0.5) is 11.4 Å².